The van der Waals surface area contributed by atoms with Gasteiger partial charge in [-0.1, -0.05) is 0 Å². The maximum Gasteiger partial charge on any atom is 0.305 e. The molecule has 0 aliphatic rings. The monoisotopic (exact) mass is 259 g/mol. The van der Waals surface area contributed by atoms with Gasteiger partial charge in [0.2, 0.25) is 0 Å². The number of carboxylic acids is 1. The van der Waals surface area contributed by atoms with E-state index in [1.165, 1.54) is 0 Å². The molecule has 0 radical (unpaired) electrons. The third kappa shape index (κ3) is 3.21. The van der Waals surface area contributed by atoms with E-state index in [2.05, 4.69) is 26.2 Å². The van der Waals surface area contributed by atoms with Crippen molar-refractivity contribution in [1.29, 1.82) is 0 Å². The molecule has 0 atom stereocenters. The Kier molecular flexibility index (Phi) is 3.70. The molecule has 1 aromatic rings. The number of hydrogen-bond donors (Lipinski definition) is 3. The van der Waals surface area contributed by atoms with E-state index in [-0.39, 0.29) is 6.42 Å². The van der Waals surface area contributed by atoms with Crippen molar-refractivity contribution >= 4 is 33.4 Å². The maximum atomic E-state index is 10.2. The second-order valence-electron chi connectivity index (χ2n) is 2.66. The molecule has 0 spiro atoms. The molecule has 0 aliphatic carbocycles. The van der Waals surface area contributed by atoms with E-state index < -0.39 is 5.97 Å². The number of carbonyl (C=O) groups is 1. The summed E-state index contributed by atoms with van der Waals surface area (Å²) in [6, 6.07) is 1.70. The predicted molar refractivity (Wildman–Crippen MR) is 57.1 cm³/mol. The van der Waals surface area contributed by atoms with Crippen LogP contribution in [0.2, 0.25) is 0 Å². The molecule has 0 saturated carbocycles. The van der Waals surface area contributed by atoms with Crippen LogP contribution in [-0.2, 0) is 4.79 Å². The van der Waals surface area contributed by atoms with Crippen molar-refractivity contribution in [1.82, 2.24) is 4.98 Å². The molecule has 4 N–H and O–H groups in total. The first-order chi connectivity index (χ1) is 6.59. The van der Waals surface area contributed by atoms with Crippen LogP contribution in [0, 0.1) is 0 Å². The smallest absolute Gasteiger partial charge is 0.305 e. The number of hydrogen-bond acceptors (Lipinski definition) is 4. The van der Waals surface area contributed by atoms with E-state index in [0.29, 0.717) is 18.1 Å². The summed E-state index contributed by atoms with van der Waals surface area (Å²) in [7, 11) is 0. The van der Waals surface area contributed by atoms with E-state index in [1.54, 1.807) is 12.3 Å². The molecule has 76 valence electrons. The van der Waals surface area contributed by atoms with Crippen LogP contribution >= 0.6 is 15.9 Å². The Morgan fingerprint density at radius 1 is 1.71 bits per heavy atom. The molecular weight excluding hydrogens is 250 g/mol. The number of nitrogens with zero attached hydrogens (tertiary/aromatic N) is 1. The minimum Gasteiger partial charge on any atom is -0.481 e. The van der Waals surface area contributed by atoms with Crippen molar-refractivity contribution in [2.45, 2.75) is 6.42 Å². The number of aromatic nitrogens is 1. The first kappa shape index (κ1) is 10.8. The van der Waals surface area contributed by atoms with Crippen molar-refractivity contribution in [3.05, 3.63) is 16.7 Å². The number of nitrogen functional groups attached to an aromatic ring is 1. The number of halogens is 1. The Balaban J connectivity index is 2.55. The Hall–Kier alpha value is -1.30. The zero-order chi connectivity index (χ0) is 10.6. The number of pyridine rings is 1. The summed E-state index contributed by atoms with van der Waals surface area (Å²) in [6.07, 6.45) is 1.64. The molecule has 0 bridgehead atoms. The molecule has 0 unspecified atom stereocenters. The molecule has 6 heteroatoms. The van der Waals surface area contributed by atoms with Crippen LogP contribution in [0.3, 0.4) is 0 Å². The van der Waals surface area contributed by atoms with E-state index in [1.807, 2.05) is 0 Å². The maximum absolute atomic E-state index is 10.2. The van der Waals surface area contributed by atoms with E-state index >= 15 is 0 Å². The van der Waals surface area contributed by atoms with Gasteiger partial charge in [-0.3, -0.25) is 4.79 Å². The summed E-state index contributed by atoms with van der Waals surface area (Å²) in [4.78, 5) is 14.2. The fourth-order valence-corrected chi connectivity index (χ4v) is 1.24. The van der Waals surface area contributed by atoms with Gasteiger partial charge in [0.15, 0.2) is 0 Å². The second-order valence-corrected chi connectivity index (χ2v) is 3.58. The summed E-state index contributed by atoms with van der Waals surface area (Å²) in [5, 5.41) is 11.2. The van der Waals surface area contributed by atoms with Crippen molar-refractivity contribution in [3.63, 3.8) is 0 Å². The van der Waals surface area contributed by atoms with Gasteiger partial charge in [-0.2, -0.15) is 0 Å². The molecule has 0 saturated heterocycles. The standard InChI is InChI=1S/C8H10BrN3O2/c9-5-3-6(10)8(12-4-5)11-2-1-7(13)14/h3-4H,1-2,10H2,(H,11,12)(H,13,14). The van der Waals surface area contributed by atoms with Crippen LogP contribution in [-0.4, -0.2) is 22.6 Å². The highest BCUT2D eigenvalue weighted by Crippen LogP contribution is 2.19. The zero-order valence-electron chi connectivity index (χ0n) is 7.33. The predicted octanol–water partition coefficient (Wildman–Crippen LogP) is 1.31. The number of carboxylic acid groups (broad SMARTS) is 1. The summed E-state index contributed by atoms with van der Waals surface area (Å²) in [5.74, 6) is -0.345. The number of nitrogens with one attached hydrogen (secondary N) is 1. The Bertz CT molecular complexity index is 343. The van der Waals surface area contributed by atoms with Crippen molar-refractivity contribution < 1.29 is 9.90 Å². The average Bonchev–Trinajstić information content (AvgIpc) is 2.08. The average molecular weight is 260 g/mol. The highest BCUT2D eigenvalue weighted by molar-refractivity contribution is 9.10. The van der Waals surface area contributed by atoms with Gasteiger partial charge >= 0.3 is 5.97 Å². The van der Waals surface area contributed by atoms with Crippen LogP contribution in [0.1, 0.15) is 6.42 Å². The number of anilines is 2. The first-order valence-electron chi connectivity index (χ1n) is 3.96. The first-order valence-corrected chi connectivity index (χ1v) is 4.75. The molecule has 1 heterocycles. The van der Waals surface area contributed by atoms with Crippen LogP contribution in [0.15, 0.2) is 16.7 Å². The number of nitrogens with two attached hydrogens (primary N) is 1. The van der Waals surface area contributed by atoms with Crippen LogP contribution in [0.4, 0.5) is 11.5 Å². The van der Waals surface area contributed by atoms with E-state index in [0.717, 1.165) is 4.47 Å². The highest BCUT2D eigenvalue weighted by Gasteiger charge is 2.01. The van der Waals surface area contributed by atoms with Gasteiger partial charge in [0.1, 0.15) is 5.82 Å². The molecular formula is C8H10BrN3O2. The fourth-order valence-electron chi connectivity index (χ4n) is 0.890. The van der Waals surface area contributed by atoms with Gasteiger partial charge in [0.05, 0.1) is 12.1 Å². The third-order valence-corrected chi connectivity index (χ3v) is 1.95. The Morgan fingerprint density at radius 2 is 2.43 bits per heavy atom. The topological polar surface area (TPSA) is 88.2 Å². The van der Waals surface area contributed by atoms with Gasteiger partial charge in [-0.15, -0.1) is 0 Å². The minimum absolute atomic E-state index is 0.0389. The van der Waals surface area contributed by atoms with Crippen LogP contribution in [0.5, 0.6) is 0 Å². The molecule has 0 aliphatic heterocycles. The number of rotatable bonds is 4. The lowest BCUT2D eigenvalue weighted by atomic mass is 10.3. The zero-order valence-corrected chi connectivity index (χ0v) is 8.91. The lowest BCUT2D eigenvalue weighted by Gasteiger charge is -2.06. The molecule has 1 rings (SSSR count). The molecule has 0 aromatic carbocycles. The van der Waals surface area contributed by atoms with Crippen molar-refractivity contribution in [3.8, 4) is 0 Å². The lowest BCUT2D eigenvalue weighted by Crippen LogP contribution is -2.10. The largest absolute Gasteiger partial charge is 0.481 e. The van der Waals surface area contributed by atoms with Crippen molar-refractivity contribution in [2.24, 2.45) is 0 Å². The molecule has 0 fully saturated rings. The fraction of sp³-hybridized carbons (Fsp3) is 0.250. The van der Waals surface area contributed by atoms with Gasteiger partial charge < -0.3 is 16.2 Å². The van der Waals surface area contributed by atoms with Gasteiger partial charge in [0, 0.05) is 17.2 Å². The van der Waals surface area contributed by atoms with Crippen molar-refractivity contribution in [2.75, 3.05) is 17.6 Å². The minimum atomic E-state index is -0.854. The van der Waals surface area contributed by atoms with E-state index in [4.69, 9.17) is 10.8 Å². The second kappa shape index (κ2) is 4.80. The molecule has 0 amide bonds. The summed E-state index contributed by atoms with van der Waals surface area (Å²) < 4.78 is 0.791. The quantitative estimate of drug-likeness (QED) is 0.759. The Morgan fingerprint density at radius 3 is 3.00 bits per heavy atom. The third-order valence-electron chi connectivity index (χ3n) is 1.52. The van der Waals surface area contributed by atoms with Gasteiger partial charge in [0.25, 0.3) is 0 Å². The Labute approximate surface area is 89.5 Å². The summed E-state index contributed by atoms with van der Waals surface area (Å²) in [5.41, 5.74) is 6.13. The van der Waals surface area contributed by atoms with Gasteiger partial charge in [-0.05, 0) is 22.0 Å². The highest BCUT2D eigenvalue weighted by atomic mass is 79.9. The SMILES string of the molecule is Nc1cc(Br)cnc1NCCC(=O)O. The summed E-state index contributed by atoms with van der Waals surface area (Å²) in [6.45, 7) is 0.314. The molecule has 14 heavy (non-hydrogen) atoms. The molecule has 1 aromatic heterocycles. The number of aliphatic carboxylic acids is 1. The summed E-state index contributed by atoms with van der Waals surface area (Å²) >= 11 is 3.22. The lowest BCUT2D eigenvalue weighted by molar-refractivity contribution is -0.136. The van der Waals surface area contributed by atoms with E-state index in [9.17, 15) is 4.79 Å². The van der Waals surface area contributed by atoms with Gasteiger partial charge in [-0.25, -0.2) is 4.98 Å². The van der Waals surface area contributed by atoms with Crippen LogP contribution in [0.25, 0.3) is 0 Å². The molecule has 5 nitrogen and oxygen atoms in total. The normalized spacial score (nSPS) is 9.79. The van der Waals surface area contributed by atoms with Crippen LogP contribution < -0.4 is 11.1 Å².